The molecule has 0 radical (unpaired) electrons. The van der Waals surface area contributed by atoms with E-state index in [2.05, 4.69) is 39.8 Å². The third-order valence-electron chi connectivity index (χ3n) is 4.72. The van der Waals surface area contributed by atoms with Crippen LogP contribution in [0.4, 0.5) is 0 Å². The third kappa shape index (κ3) is 2.32. The Hall–Kier alpha value is -1.44. The van der Waals surface area contributed by atoms with Crippen molar-refractivity contribution < 1.29 is 9.59 Å². The van der Waals surface area contributed by atoms with Crippen LogP contribution in [0.1, 0.15) is 54.4 Å². The topological polar surface area (TPSA) is 34.1 Å². The summed E-state index contributed by atoms with van der Waals surface area (Å²) in [5, 5.41) is 0. The predicted octanol–water partition coefficient (Wildman–Crippen LogP) is 4.17. The van der Waals surface area contributed by atoms with Gasteiger partial charge < -0.3 is 0 Å². The SMILES string of the molecule is CC1=C(/C=C/C2=C(C)C(=O)CC2(C)C)C(C)(C)CC1=O. The molecule has 2 nitrogen and oxygen atoms in total. The number of hydrogen-bond donors (Lipinski definition) is 0. The van der Waals surface area contributed by atoms with Crippen LogP contribution >= 0.6 is 0 Å². The van der Waals surface area contributed by atoms with E-state index in [4.69, 9.17) is 0 Å². The Balaban J connectivity index is 2.40. The normalized spacial score (nSPS) is 25.5. The van der Waals surface area contributed by atoms with Gasteiger partial charge in [-0.3, -0.25) is 9.59 Å². The summed E-state index contributed by atoms with van der Waals surface area (Å²) >= 11 is 0. The van der Waals surface area contributed by atoms with E-state index in [1.807, 2.05) is 13.8 Å². The van der Waals surface area contributed by atoms with Crippen LogP contribution in [-0.2, 0) is 9.59 Å². The van der Waals surface area contributed by atoms with E-state index in [1.165, 1.54) is 0 Å². The summed E-state index contributed by atoms with van der Waals surface area (Å²) in [6.07, 6.45) is 5.27. The fraction of sp³-hybridized carbons (Fsp3) is 0.556. The molecule has 0 amide bonds. The summed E-state index contributed by atoms with van der Waals surface area (Å²) in [4.78, 5) is 23.8. The molecule has 0 aromatic rings. The first-order chi connectivity index (χ1) is 9.06. The zero-order chi connectivity index (χ0) is 15.3. The summed E-state index contributed by atoms with van der Waals surface area (Å²) in [5.74, 6) is 0.476. The third-order valence-corrected chi connectivity index (χ3v) is 4.72. The standard InChI is InChI=1S/C18H24O2/c1-11-13(17(3,4)9-15(11)19)7-8-14-12(2)16(20)10-18(14,5)6/h7-8H,9-10H2,1-6H3/b8-7+. The molecule has 0 saturated carbocycles. The second-order valence-corrected chi connectivity index (χ2v) is 7.38. The van der Waals surface area contributed by atoms with Gasteiger partial charge in [0, 0.05) is 12.8 Å². The Morgan fingerprint density at radius 3 is 1.25 bits per heavy atom. The van der Waals surface area contributed by atoms with Crippen LogP contribution in [0.5, 0.6) is 0 Å². The molecule has 0 aromatic heterocycles. The highest BCUT2D eigenvalue weighted by molar-refractivity contribution is 6.01. The molecule has 2 heteroatoms. The van der Waals surface area contributed by atoms with Gasteiger partial charge in [-0.15, -0.1) is 0 Å². The molecule has 0 atom stereocenters. The summed E-state index contributed by atoms with van der Waals surface area (Å²) in [5.41, 5.74) is 3.76. The Bertz CT molecular complexity index is 529. The molecule has 20 heavy (non-hydrogen) atoms. The molecule has 108 valence electrons. The molecule has 0 heterocycles. The van der Waals surface area contributed by atoms with E-state index in [9.17, 15) is 9.59 Å². The fourth-order valence-electron chi connectivity index (χ4n) is 3.44. The Morgan fingerprint density at radius 1 is 0.750 bits per heavy atom. The van der Waals surface area contributed by atoms with Gasteiger partial charge >= 0.3 is 0 Å². The molecular formula is C18H24O2. The summed E-state index contributed by atoms with van der Waals surface area (Å²) < 4.78 is 0. The number of ketones is 2. The van der Waals surface area contributed by atoms with Crippen molar-refractivity contribution in [3.05, 3.63) is 34.4 Å². The van der Waals surface area contributed by atoms with E-state index < -0.39 is 0 Å². The van der Waals surface area contributed by atoms with E-state index in [0.29, 0.717) is 12.8 Å². The van der Waals surface area contributed by atoms with E-state index in [0.717, 1.165) is 22.3 Å². The number of hydrogen-bond acceptors (Lipinski definition) is 2. The van der Waals surface area contributed by atoms with Crippen LogP contribution in [0.2, 0.25) is 0 Å². The van der Waals surface area contributed by atoms with Crippen LogP contribution in [0.3, 0.4) is 0 Å². The molecule has 0 fully saturated rings. The molecule has 0 unspecified atom stereocenters. The summed E-state index contributed by atoms with van der Waals surface area (Å²) in [6, 6.07) is 0. The van der Waals surface area contributed by atoms with Crippen molar-refractivity contribution in [1.29, 1.82) is 0 Å². The lowest BCUT2D eigenvalue weighted by molar-refractivity contribution is -0.116. The van der Waals surface area contributed by atoms with Crippen molar-refractivity contribution in [2.24, 2.45) is 10.8 Å². The summed E-state index contributed by atoms with van der Waals surface area (Å²) in [6.45, 7) is 12.2. The van der Waals surface area contributed by atoms with Gasteiger partial charge in [-0.2, -0.15) is 0 Å². The van der Waals surface area contributed by atoms with Crippen molar-refractivity contribution in [2.75, 3.05) is 0 Å². The average Bonchev–Trinajstić information content (AvgIpc) is 2.60. The van der Waals surface area contributed by atoms with Gasteiger partial charge in [0.25, 0.3) is 0 Å². The predicted molar refractivity (Wildman–Crippen MR) is 81.4 cm³/mol. The lowest BCUT2D eigenvalue weighted by Gasteiger charge is -2.22. The summed E-state index contributed by atoms with van der Waals surface area (Å²) in [7, 11) is 0. The van der Waals surface area contributed by atoms with Crippen molar-refractivity contribution in [1.82, 2.24) is 0 Å². The van der Waals surface area contributed by atoms with Crippen LogP contribution < -0.4 is 0 Å². The number of allylic oxidation sites excluding steroid dienone is 6. The minimum Gasteiger partial charge on any atom is -0.295 e. The second kappa shape index (κ2) is 4.54. The van der Waals surface area contributed by atoms with E-state index in [1.54, 1.807) is 0 Å². The van der Waals surface area contributed by atoms with Gasteiger partial charge in [0.2, 0.25) is 0 Å². The maximum atomic E-state index is 11.9. The van der Waals surface area contributed by atoms with Crippen LogP contribution in [0.25, 0.3) is 0 Å². The molecule has 2 aliphatic rings. The first kappa shape index (κ1) is 15.0. The zero-order valence-electron chi connectivity index (χ0n) is 13.4. The monoisotopic (exact) mass is 272 g/mol. The van der Waals surface area contributed by atoms with Crippen molar-refractivity contribution in [3.8, 4) is 0 Å². The first-order valence-electron chi connectivity index (χ1n) is 7.23. The lowest BCUT2D eigenvalue weighted by Crippen LogP contribution is -2.11. The highest BCUT2D eigenvalue weighted by Gasteiger charge is 2.37. The quantitative estimate of drug-likeness (QED) is 0.756. The Labute approximate surface area is 121 Å². The molecule has 0 aliphatic heterocycles. The minimum atomic E-state index is -0.0983. The van der Waals surface area contributed by atoms with Crippen molar-refractivity contribution in [2.45, 2.75) is 54.4 Å². The Kier molecular flexibility index (Phi) is 3.40. The largest absolute Gasteiger partial charge is 0.295 e. The van der Waals surface area contributed by atoms with Gasteiger partial charge in [-0.05, 0) is 47.0 Å². The minimum absolute atomic E-state index is 0.0983. The average molecular weight is 272 g/mol. The van der Waals surface area contributed by atoms with Crippen LogP contribution in [0, 0.1) is 10.8 Å². The number of Topliss-reactive ketones (excluding diaryl/α,β-unsaturated/α-hetero) is 2. The molecule has 2 rings (SSSR count). The first-order valence-corrected chi connectivity index (χ1v) is 7.23. The van der Waals surface area contributed by atoms with Gasteiger partial charge in [-0.25, -0.2) is 0 Å². The van der Waals surface area contributed by atoms with Crippen molar-refractivity contribution >= 4 is 11.6 Å². The Morgan fingerprint density at radius 2 is 1.05 bits per heavy atom. The van der Waals surface area contributed by atoms with Crippen molar-refractivity contribution in [3.63, 3.8) is 0 Å². The zero-order valence-corrected chi connectivity index (χ0v) is 13.4. The highest BCUT2D eigenvalue weighted by atomic mass is 16.1. The van der Waals surface area contributed by atoms with Gasteiger partial charge in [0.1, 0.15) is 0 Å². The van der Waals surface area contributed by atoms with Gasteiger partial charge in [-0.1, -0.05) is 39.8 Å². The molecule has 2 aliphatic carbocycles. The number of rotatable bonds is 2. The van der Waals surface area contributed by atoms with Crippen LogP contribution in [0.15, 0.2) is 34.4 Å². The van der Waals surface area contributed by atoms with Gasteiger partial charge in [0.15, 0.2) is 11.6 Å². The molecule has 0 N–H and O–H groups in total. The maximum absolute atomic E-state index is 11.9. The molecular weight excluding hydrogens is 248 g/mol. The fourth-order valence-corrected chi connectivity index (χ4v) is 3.44. The molecule has 0 bridgehead atoms. The van der Waals surface area contributed by atoms with E-state index in [-0.39, 0.29) is 22.4 Å². The van der Waals surface area contributed by atoms with Crippen LogP contribution in [-0.4, -0.2) is 11.6 Å². The van der Waals surface area contributed by atoms with Gasteiger partial charge in [0.05, 0.1) is 0 Å². The highest BCUT2D eigenvalue weighted by Crippen LogP contribution is 2.44. The second-order valence-electron chi connectivity index (χ2n) is 7.38. The lowest BCUT2D eigenvalue weighted by atomic mass is 9.82. The van der Waals surface area contributed by atoms with E-state index >= 15 is 0 Å². The number of carbonyl (C=O) groups is 2. The molecule has 0 saturated heterocycles. The molecule has 0 spiro atoms. The smallest absolute Gasteiger partial charge is 0.159 e. The molecule has 0 aromatic carbocycles. The number of carbonyl (C=O) groups excluding carboxylic acids is 2. The maximum Gasteiger partial charge on any atom is 0.159 e.